The second-order valence-electron chi connectivity index (χ2n) is 17.4. The Morgan fingerprint density at radius 3 is 2.24 bits per heavy atom. The van der Waals surface area contributed by atoms with Gasteiger partial charge in [0, 0.05) is 11.3 Å². The van der Waals surface area contributed by atoms with Crippen LogP contribution in [0, 0.1) is 50.7 Å². The summed E-state index contributed by atoms with van der Waals surface area (Å²) < 4.78 is 11.5. The Kier molecular flexibility index (Phi) is 8.46. The molecule has 0 radical (unpaired) electrons. The molecule has 262 valence electrons. The van der Waals surface area contributed by atoms with Crippen molar-refractivity contribution in [1.29, 1.82) is 0 Å². The van der Waals surface area contributed by atoms with Crippen LogP contribution in [0.2, 0.25) is 0 Å². The van der Waals surface area contributed by atoms with E-state index >= 15 is 0 Å². The molecule has 0 unspecified atom stereocenters. The fraction of sp³-hybridized carbons (Fsp3) is 0.917. The van der Waals surface area contributed by atoms with Crippen molar-refractivity contribution in [2.45, 2.75) is 142 Å². The van der Waals surface area contributed by atoms with Gasteiger partial charge in [0.2, 0.25) is 6.29 Å². The summed E-state index contributed by atoms with van der Waals surface area (Å²) in [7, 11) is 0. The van der Waals surface area contributed by atoms with Crippen LogP contribution in [0.5, 0.6) is 0 Å². The first-order valence-electron chi connectivity index (χ1n) is 17.6. The Labute approximate surface area is 273 Å². The number of hydrogen-bond acceptors (Lipinski definition) is 10. The molecule has 10 heteroatoms. The maximum atomic E-state index is 14.5. The standard InChI is InChI=1S/C36H58O10/c1-19-9-14-36(30(43)46-29-27(42)26(41)25(40)21(17-37)45-29)16-15-33(4)20(28(36)35(19,6)44)7-8-23-31(2)12-11-24(39)32(3,18-38)22(31)10-13-34(23,33)5/h7,19,21-29,37-42,44H,8-18H2,1-6H3/t19-,21-,22+,23-,24+,25-,26+,27-,28-,29+,31+,32+,33-,34-,35-,36+/m1/s1. The van der Waals surface area contributed by atoms with E-state index in [1.54, 1.807) is 0 Å². The Balaban J connectivity index is 1.39. The van der Waals surface area contributed by atoms with E-state index in [9.17, 15) is 40.5 Å². The van der Waals surface area contributed by atoms with E-state index in [1.165, 1.54) is 0 Å². The summed E-state index contributed by atoms with van der Waals surface area (Å²) in [6.07, 6.45) is 0.492. The monoisotopic (exact) mass is 650 g/mol. The maximum absolute atomic E-state index is 14.5. The van der Waals surface area contributed by atoms with Gasteiger partial charge in [0.1, 0.15) is 24.4 Å². The van der Waals surface area contributed by atoms with Crippen molar-refractivity contribution in [3.63, 3.8) is 0 Å². The lowest BCUT2D eigenvalue weighted by Gasteiger charge is -2.72. The van der Waals surface area contributed by atoms with Crippen molar-refractivity contribution in [2.75, 3.05) is 13.2 Å². The number of rotatable bonds is 4. The van der Waals surface area contributed by atoms with E-state index < -0.39 is 71.7 Å². The molecule has 7 N–H and O–H groups in total. The van der Waals surface area contributed by atoms with Gasteiger partial charge in [-0.05, 0) is 98.7 Å². The van der Waals surface area contributed by atoms with Crippen molar-refractivity contribution in [2.24, 2.45) is 50.7 Å². The van der Waals surface area contributed by atoms with Crippen LogP contribution in [0.3, 0.4) is 0 Å². The second kappa shape index (κ2) is 11.2. The third kappa shape index (κ3) is 4.39. The molecule has 6 aliphatic rings. The highest BCUT2D eigenvalue weighted by Gasteiger charge is 2.72. The van der Waals surface area contributed by atoms with Crippen LogP contribution in [0.25, 0.3) is 0 Å². The third-order valence-electron chi connectivity index (χ3n) is 15.7. The largest absolute Gasteiger partial charge is 0.432 e. The summed E-state index contributed by atoms with van der Waals surface area (Å²) in [6.45, 7) is 12.3. The van der Waals surface area contributed by atoms with Gasteiger partial charge in [0.25, 0.3) is 0 Å². The van der Waals surface area contributed by atoms with E-state index in [-0.39, 0.29) is 34.7 Å². The van der Waals surface area contributed by atoms with Gasteiger partial charge in [-0.1, -0.05) is 46.3 Å². The average molecular weight is 651 g/mol. The number of aliphatic hydroxyl groups is 7. The van der Waals surface area contributed by atoms with E-state index in [4.69, 9.17) is 9.47 Å². The highest BCUT2D eigenvalue weighted by Crippen LogP contribution is 2.76. The van der Waals surface area contributed by atoms with Gasteiger partial charge in [0.15, 0.2) is 0 Å². The molecule has 0 aromatic carbocycles. The molecule has 1 saturated heterocycles. The van der Waals surface area contributed by atoms with Crippen LogP contribution in [0.1, 0.15) is 99.3 Å². The zero-order chi connectivity index (χ0) is 33.8. The van der Waals surface area contributed by atoms with Gasteiger partial charge in [-0.3, -0.25) is 4.79 Å². The SMILES string of the molecule is C[C@@H]1CC[C@]2(C(=O)O[C@@H]3O[C@H](CO)[C@@H](O)[C@H](O)[C@H]3O)CC[C@]3(C)C(=CC[C@@H]4[C@@]5(C)CC[C@H](O)[C@@](C)(CO)[C@H]5CC[C@]43C)[C@@H]2[C@]1(C)O. The lowest BCUT2D eigenvalue weighted by atomic mass is 9.33. The predicted molar refractivity (Wildman–Crippen MR) is 168 cm³/mol. The number of fused-ring (bicyclic) bond motifs is 7. The number of ether oxygens (including phenoxy) is 2. The third-order valence-corrected chi connectivity index (χ3v) is 15.7. The summed E-state index contributed by atoms with van der Waals surface area (Å²) >= 11 is 0. The smallest absolute Gasteiger partial charge is 0.315 e. The molecule has 5 fully saturated rings. The molecule has 0 bridgehead atoms. The number of carbonyl (C=O) groups excluding carboxylic acids is 1. The van der Waals surface area contributed by atoms with Crippen molar-refractivity contribution < 1.29 is 50.0 Å². The number of carbonyl (C=O) groups is 1. The average Bonchev–Trinajstić information content (AvgIpc) is 3.01. The molecule has 5 aliphatic carbocycles. The maximum Gasteiger partial charge on any atom is 0.315 e. The Morgan fingerprint density at radius 1 is 0.891 bits per heavy atom. The molecular formula is C36H58O10. The molecule has 10 nitrogen and oxygen atoms in total. The van der Waals surface area contributed by atoms with Crippen LogP contribution < -0.4 is 0 Å². The van der Waals surface area contributed by atoms with E-state index in [1.807, 2.05) is 20.8 Å². The number of allylic oxidation sites excluding steroid dienone is 1. The second-order valence-corrected chi connectivity index (χ2v) is 17.4. The summed E-state index contributed by atoms with van der Waals surface area (Å²) in [5, 5.41) is 75.0. The van der Waals surface area contributed by atoms with Gasteiger partial charge in [-0.15, -0.1) is 0 Å². The zero-order valence-corrected chi connectivity index (χ0v) is 28.5. The first-order valence-corrected chi connectivity index (χ1v) is 17.6. The Hall–Kier alpha value is -1.11. The van der Waals surface area contributed by atoms with E-state index in [0.717, 1.165) is 31.3 Å². The summed E-state index contributed by atoms with van der Waals surface area (Å²) in [5.41, 5.74) is -2.34. The topological polar surface area (TPSA) is 177 Å². The first kappa shape index (κ1) is 34.7. The fourth-order valence-corrected chi connectivity index (χ4v) is 12.3. The van der Waals surface area contributed by atoms with Crippen LogP contribution in [0.4, 0.5) is 0 Å². The van der Waals surface area contributed by atoms with Gasteiger partial charge in [-0.2, -0.15) is 0 Å². The number of aliphatic hydroxyl groups excluding tert-OH is 6. The van der Waals surface area contributed by atoms with Crippen LogP contribution in [-0.4, -0.2) is 97.3 Å². The molecule has 0 aromatic heterocycles. The van der Waals surface area contributed by atoms with Crippen molar-refractivity contribution in [1.82, 2.24) is 0 Å². The van der Waals surface area contributed by atoms with Crippen molar-refractivity contribution >= 4 is 5.97 Å². The van der Waals surface area contributed by atoms with Crippen molar-refractivity contribution in [3.05, 3.63) is 11.6 Å². The Morgan fingerprint density at radius 2 is 1.59 bits per heavy atom. The molecule has 0 spiro atoms. The molecule has 4 saturated carbocycles. The van der Waals surface area contributed by atoms with Crippen LogP contribution >= 0.6 is 0 Å². The minimum atomic E-state index is -1.70. The minimum Gasteiger partial charge on any atom is -0.432 e. The quantitative estimate of drug-likeness (QED) is 0.177. The molecule has 1 aliphatic heterocycles. The molecule has 16 atom stereocenters. The minimum absolute atomic E-state index is 0.0435. The summed E-state index contributed by atoms with van der Waals surface area (Å²) in [4.78, 5) is 14.5. The number of hydrogen-bond donors (Lipinski definition) is 7. The first-order chi connectivity index (χ1) is 21.4. The molecule has 46 heavy (non-hydrogen) atoms. The van der Waals surface area contributed by atoms with E-state index in [2.05, 4.69) is 26.8 Å². The molecule has 6 rings (SSSR count). The van der Waals surface area contributed by atoms with Crippen LogP contribution in [-0.2, 0) is 14.3 Å². The fourth-order valence-electron chi connectivity index (χ4n) is 12.3. The highest BCUT2D eigenvalue weighted by molar-refractivity contribution is 5.79. The number of esters is 1. The molecular weight excluding hydrogens is 592 g/mol. The normalized spacial score (nSPS) is 56.8. The summed E-state index contributed by atoms with van der Waals surface area (Å²) in [5.74, 6) is -0.749. The van der Waals surface area contributed by atoms with E-state index in [0.29, 0.717) is 38.0 Å². The van der Waals surface area contributed by atoms with Gasteiger partial charge in [0.05, 0.1) is 30.3 Å². The van der Waals surface area contributed by atoms with Gasteiger partial charge >= 0.3 is 5.97 Å². The van der Waals surface area contributed by atoms with Gasteiger partial charge < -0.3 is 45.2 Å². The molecule has 1 heterocycles. The van der Waals surface area contributed by atoms with Gasteiger partial charge in [-0.25, -0.2) is 0 Å². The van der Waals surface area contributed by atoms with Crippen molar-refractivity contribution in [3.8, 4) is 0 Å². The molecule has 0 amide bonds. The molecule has 0 aromatic rings. The zero-order valence-electron chi connectivity index (χ0n) is 28.5. The predicted octanol–water partition coefficient (Wildman–Crippen LogP) is 2.44. The lowest BCUT2D eigenvalue weighted by Crippen LogP contribution is -2.68. The Bertz CT molecular complexity index is 1240. The summed E-state index contributed by atoms with van der Waals surface area (Å²) in [6, 6.07) is 0. The lowest BCUT2D eigenvalue weighted by molar-refractivity contribution is -0.299. The highest BCUT2D eigenvalue weighted by atomic mass is 16.7. The van der Waals surface area contributed by atoms with Crippen LogP contribution in [0.15, 0.2) is 11.6 Å².